The van der Waals surface area contributed by atoms with Crippen molar-refractivity contribution < 1.29 is 14.3 Å². The fourth-order valence-electron chi connectivity index (χ4n) is 1.45. The Morgan fingerprint density at radius 3 is 2.20 bits per heavy atom. The van der Waals surface area contributed by atoms with E-state index in [4.69, 9.17) is 10.5 Å². The lowest BCUT2D eigenvalue weighted by atomic mass is 9.74. The van der Waals surface area contributed by atoms with E-state index in [-0.39, 0.29) is 5.91 Å². The van der Waals surface area contributed by atoms with Crippen LogP contribution < -0.4 is 11.1 Å². The highest BCUT2D eigenvalue weighted by atomic mass is 16.5. The molecule has 0 spiro atoms. The maximum absolute atomic E-state index is 12.4. The minimum Gasteiger partial charge on any atom is -0.465 e. The van der Waals surface area contributed by atoms with E-state index in [9.17, 15) is 9.59 Å². The maximum atomic E-state index is 12.4. The maximum Gasteiger partial charge on any atom is 0.339 e. The molecule has 1 rings (SSSR count). The number of hydrogen-bond acceptors (Lipinski definition) is 4. The molecule has 0 unspecified atom stereocenters. The van der Waals surface area contributed by atoms with E-state index in [2.05, 4.69) is 5.32 Å². The molecule has 5 nitrogen and oxygen atoms in total. The third kappa shape index (κ3) is 3.17. The lowest BCUT2D eigenvalue weighted by molar-refractivity contribution is -0.126. The minimum atomic E-state index is -0.795. The summed E-state index contributed by atoms with van der Waals surface area (Å²) < 4.78 is 4.70. The van der Waals surface area contributed by atoms with Gasteiger partial charge < -0.3 is 15.8 Å². The first kappa shape index (κ1) is 16.2. The topological polar surface area (TPSA) is 81.4 Å². The van der Waals surface area contributed by atoms with Gasteiger partial charge in [0.2, 0.25) is 5.91 Å². The molecule has 3 N–H and O–H groups in total. The normalized spacial score (nSPS) is 11.9. The first-order valence-corrected chi connectivity index (χ1v) is 6.39. The Balaban J connectivity index is 3.06. The van der Waals surface area contributed by atoms with Gasteiger partial charge in [-0.25, -0.2) is 4.79 Å². The van der Waals surface area contributed by atoms with Crippen molar-refractivity contribution in [2.45, 2.75) is 33.2 Å². The zero-order valence-corrected chi connectivity index (χ0v) is 12.6. The van der Waals surface area contributed by atoms with Gasteiger partial charge in [0.05, 0.1) is 23.8 Å². The summed E-state index contributed by atoms with van der Waals surface area (Å²) in [5, 5.41) is 2.75. The first-order chi connectivity index (χ1) is 9.11. The molecule has 0 fully saturated rings. The molecule has 20 heavy (non-hydrogen) atoms. The van der Waals surface area contributed by atoms with Crippen LogP contribution in [0.5, 0.6) is 0 Å². The lowest BCUT2D eigenvalue weighted by Crippen LogP contribution is -2.53. The third-order valence-corrected chi connectivity index (χ3v) is 3.76. The van der Waals surface area contributed by atoms with Crippen LogP contribution in [-0.2, 0) is 9.53 Å². The molecule has 0 aliphatic rings. The van der Waals surface area contributed by atoms with Gasteiger partial charge in [-0.05, 0) is 39.8 Å². The van der Waals surface area contributed by atoms with Gasteiger partial charge in [-0.2, -0.15) is 0 Å². The molecule has 110 valence electrons. The van der Waals surface area contributed by atoms with Crippen LogP contribution in [0.2, 0.25) is 0 Å². The number of amides is 1. The summed E-state index contributed by atoms with van der Waals surface area (Å²) >= 11 is 0. The highest BCUT2D eigenvalue weighted by Gasteiger charge is 2.40. The molecule has 0 radical (unpaired) electrons. The van der Waals surface area contributed by atoms with E-state index in [1.165, 1.54) is 7.11 Å². The van der Waals surface area contributed by atoms with E-state index in [1.807, 2.05) is 0 Å². The number of nitrogens with one attached hydrogen (secondary N) is 1. The largest absolute Gasteiger partial charge is 0.465 e. The van der Waals surface area contributed by atoms with Gasteiger partial charge in [0.15, 0.2) is 0 Å². The van der Waals surface area contributed by atoms with E-state index >= 15 is 0 Å². The number of esters is 1. The van der Waals surface area contributed by atoms with Gasteiger partial charge in [0.1, 0.15) is 0 Å². The molecule has 0 saturated carbocycles. The van der Waals surface area contributed by atoms with Crippen LogP contribution in [-0.4, -0.2) is 24.5 Å². The van der Waals surface area contributed by atoms with Crippen molar-refractivity contribution in [1.82, 2.24) is 0 Å². The van der Waals surface area contributed by atoms with Crippen molar-refractivity contribution in [3.05, 3.63) is 29.8 Å². The molecule has 0 aromatic heterocycles. The van der Waals surface area contributed by atoms with Crippen molar-refractivity contribution >= 4 is 17.6 Å². The SMILES string of the molecule is COC(=O)c1ccccc1NC(=O)C(C)(C)C(C)(C)N. The third-order valence-electron chi connectivity index (χ3n) is 3.76. The van der Waals surface area contributed by atoms with Gasteiger partial charge in [-0.1, -0.05) is 12.1 Å². The molecule has 0 heterocycles. The summed E-state index contributed by atoms with van der Waals surface area (Å²) in [6.07, 6.45) is 0. The van der Waals surface area contributed by atoms with Gasteiger partial charge >= 0.3 is 5.97 Å². The molecular weight excluding hydrogens is 256 g/mol. The van der Waals surface area contributed by atoms with Crippen LogP contribution in [0.3, 0.4) is 0 Å². The van der Waals surface area contributed by atoms with Crippen LogP contribution in [0, 0.1) is 5.41 Å². The lowest BCUT2D eigenvalue weighted by Gasteiger charge is -2.37. The monoisotopic (exact) mass is 278 g/mol. The van der Waals surface area contributed by atoms with Crippen LogP contribution in [0.4, 0.5) is 5.69 Å². The Hall–Kier alpha value is -1.88. The number of ether oxygens (including phenoxy) is 1. The van der Waals surface area contributed by atoms with Crippen molar-refractivity contribution in [2.24, 2.45) is 11.1 Å². The smallest absolute Gasteiger partial charge is 0.339 e. The average Bonchev–Trinajstić information content (AvgIpc) is 2.37. The Morgan fingerprint density at radius 1 is 1.15 bits per heavy atom. The van der Waals surface area contributed by atoms with E-state index in [1.54, 1.807) is 52.0 Å². The summed E-state index contributed by atoms with van der Waals surface area (Å²) in [7, 11) is 1.30. The molecule has 5 heteroatoms. The second-order valence-electron chi connectivity index (χ2n) is 5.84. The minimum absolute atomic E-state index is 0.249. The summed E-state index contributed by atoms with van der Waals surface area (Å²) in [6.45, 7) is 7.11. The Kier molecular flexibility index (Phi) is 4.55. The molecule has 0 bridgehead atoms. The van der Waals surface area contributed by atoms with E-state index in [0.717, 1.165) is 0 Å². The number of anilines is 1. The molecule has 1 aromatic carbocycles. The second kappa shape index (κ2) is 5.63. The number of rotatable bonds is 4. The molecule has 0 saturated heterocycles. The molecule has 0 aliphatic carbocycles. The quantitative estimate of drug-likeness (QED) is 0.827. The van der Waals surface area contributed by atoms with Gasteiger partial charge in [0, 0.05) is 5.54 Å². The van der Waals surface area contributed by atoms with Crippen molar-refractivity contribution in [3.63, 3.8) is 0 Å². The Bertz CT molecular complexity index is 516. The molecule has 1 aromatic rings. The van der Waals surface area contributed by atoms with Crippen LogP contribution >= 0.6 is 0 Å². The second-order valence-corrected chi connectivity index (χ2v) is 5.84. The van der Waals surface area contributed by atoms with Gasteiger partial charge in [-0.3, -0.25) is 4.79 Å². The summed E-state index contributed by atoms with van der Waals surface area (Å²) in [6, 6.07) is 6.70. The first-order valence-electron chi connectivity index (χ1n) is 6.39. The molecule has 0 atom stereocenters. The van der Waals surface area contributed by atoms with Gasteiger partial charge in [0.25, 0.3) is 0 Å². The fraction of sp³-hybridized carbons (Fsp3) is 0.467. The Labute approximate surface area is 119 Å². The van der Waals surface area contributed by atoms with Gasteiger partial charge in [-0.15, -0.1) is 0 Å². The summed E-state index contributed by atoms with van der Waals surface area (Å²) in [5.74, 6) is -0.743. The standard InChI is InChI=1S/C15H22N2O3/c1-14(2,15(3,4)16)13(19)17-11-9-7-6-8-10(11)12(18)20-5/h6-9H,16H2,1-5H3,(H,17,19). The molecule has 0 aliphatic heterocycles. The number of carbonyl (C=O) groups is 2. The van der Waals surface area contributed by atoms with Crippen LogP contribution in [0.1, 0.15) is 38.1 Å². The van der Waals surface area contributed by atoms with Crippen molar-refractivity contribution in [1.29, 1.82) is 0 Å². The highest BCUT2D eigenvalue weighted by molar-refractivity contribution is 6.03. The summed E-state index contributed by atoms with van der Waals surface area (Å²) in [4.78, 5) is 24.1. The molecular formula is C15H22N2O3. The zero-order chi connectivity index (χ0) is 15.6. The highest BCUT2D eigenvalue weighted by Crippen LogP contribution is 2.30. The summed E-state index contributed by atoms with van der Waals surface area (Å²) in [5.41, 5.74) is 5.28. The number of para-hydroxylation sites is 1. The number of nitrogens with two attached hydrogens (primary N) is 1. The number of carbonyl (C=O) groups excluding carboxylic acids is 2. The number of methoxy groups -OCH3 is 1. The van der Waals surface area contributed by atoms with Crippen LogP contribution in [0.15, 0.2) is 24.3 Å². The average molecular weight is 278 g/mol. The Morgan fingerprint density at radius 2 is 1.70 bits per heavy atom. The predicted octanol–water partition coefficient (Wildman–Crippen LogP) is 2.18. The molecule has 1 amide bonds. The predicted molar refractivity (Wildman–Crippen MR) is 78.5 cm³/mol. The van der Waals surface area contributed by atoms with Crippen LogP contribution in [0.25, 0.3) is 0 Å². The fourth-order valence-corrected chi connectivity index (χ4v) is 1.45. The van der Waals surface area contributed by atoms with E-state index in [0.29, 0.717) is 11.3 Å². The van der Waals surface area contributed by atoms with Crippen molar-refractivity contribution in [3.8, 4) is 0 Å². The van der Waals surface area contributed by atoms with E-state index < -0.39 is 16.9 Å². The van der Waals surface area contributed by atoms with Crippen molar-refractivity contribution in [2.75, 3.05) is 12.4 Å². The zero-order valence-electron chi connectivity index (χ0n) is 12.6. The number of hydrogen-bond donors (Lipinski definition) is 2. The number of benzene rings is 1.